The quantitative estimate of drug-likeness (QED) is 0.701. The maximum Gasteiger partial charge on any atom is 0.142 e. The topological polar surface area (TPSA) is 17.1 Å². The molecule has 0 unspecified atom stereocenters. The zero-order chi connectivity index (χ0) is 10.6. The summed E-state index contributed by atoms with van der Waals surface area (Å²) in [5, 5.41) is 0.0740. The summed E-state index contributed by atoms with van der Waals surface area (Å²) in [6.45, 7) is 3.46. The number of halogens is 2. The van der Waals surface area contributed by atoms with Gasteiger partial charge in [-0.15, -0.1) is 6.58 Å². The molecule has 0 atom stereocenters. The molecule has 0 aliphatic rings. The molecule has 3 heteroatoms. The van der Waals surface area contributed by atoms with Crippen LogP contribution in [0, 0.1) is 5.82 Å². The third-order valence-corrected chi connectivity index (χ3v) is 2.06. The van der Waals surface area contributed by atoms with Gasteiger partial charge in [-0.05, 0) is 17.7 Å². The van der Waals surface area contributed by atoms with E-state index in [0.29, 0.717) is 12.0 Å². The van der Waals surface area contributed by atoms with Gasteiger partial charge in [-0.3, -0.25) is 4.79 Å². The highest BCUT2D eigenvalue weighted by Gasteiger charge is 2.04. The number of benzene rings is 1. The SMILES string of the molecule is C=CCC(=O)Cc1ccc(Cl)c(F)c1. The Labute approximate surface area is 87.2 Å². The highest BCUT2D eigenvalue weighted by molar-refractivity contribution is 6.30. The molecule has 0 saturated heterocycles. The number of hydrogen-bond donors (Lipinski definition) is 0. The van der Waals surface area contributed by atoms with Crippen LogP contribution in [0.4, 0.5) is 4.39 Å². The lowest BCUT2D eigenvalue weighted by atomic mass is 10.1. The number of Topliss-reactive ketones (excluding diaryl/α,β-unsaturated/α-hetero) is 1. The normalized spacial score (nSPS) is 9.86. The van der Waals surface area contributed by atoms with Crippen molar-refractivity contribution < 1.29 is 9.18 Å². The lowest BCUT2D eigenvalue weighted by Crippen LogP contribution is -2.01. The van der Waals surface area contributed by atoms with Gasteiger partial charge >= 0.3 is 0 Å². The third-order valence-electron chi connectivity index (χ3n) is 1.76. The highest BCUT2D eigenvalue weighted by atomic mass is 35.5. The van der Waals surface area contributed by atoms with Gasteiger partial charge in [0, 0.05) is 12.8 Å². The van der Waals surface area contributed by atoms with Crippen LogP contribution in [0.1, 0.15) is 12.0 Å². The van der Waals surface area contributed by atoms with Gasteiger partial charge in [-0.1, -0.05) is 23.7 Å². The van der Waals surface area contributed by atoms with E-state index in [9.17, 15) is 9.18 Å². The Hall–Kier alpha value is -1.15. The van der Waals surface area contributed by atoms with E-state index in [0.717, 1.165) is 0 Å². The van der Waals surface area contributed by atoms with Gasteiger partial charge in [0.2, 0.25) is 0 Å². The van der Waals surface area contributed by atoms with Gasteiger partial charge in [-0.25, -0.2) is 4.39 Å². The molecule has 0 bridgehead atoms. The number of carbonyl (C=O) groups excluding carboxylic acids is 1. The van der Waals surface area contributed by atoms with Crippen LogP contribution in [0.3, 0.4) is 0 Å². The fourth-order valence-electron chi connectivity index (χ4n) is 1.11. The molecule has 1 rings (SSSR count). The summed E-state index contributed by atoms with van der Waals surface area (Å²) in [5.74, 6) is -0.475. The van der Waals surface area contributed by atoms with Crippen LogP contribution >= 0.6 is 11.6 Å². The molecule has 0 heterocycles. The molecule has 0 aliphatic heterocycles. The minimum absolute atomic E-state index is 0.0155. The van der Waals surface area contributed by atoms with Gasteiger partial charge in [0.25, 0.3) is 0 Å². The van der Waals surface area contributed by atoms with Crippen LogP contribution in [-0.4, -0.2) is 5.78 Å². The van der Waals surface area contributed by atoms with Crippen molar-refractivity contribution in [1.29, 1.82) is 0 Å². The van der Waals surface area contributed by atoms with Gasteiger partial charge in [0.15, 0.2) is 0 Å². The van der Waals surface area contributed by atoms with Crippen LogP contribution in [0.25, 0.3) is 0 Å². The highest BCUT2D eigenvalue weighted by Crippen LogP contribution is 2.16. The molecule has 1 aromatic rings. The largest absolute Gasteiger partial charge is 0.299 e. The van der Waals surface area contributed by atoms with Gasteiger partial charge in [0.1, 0.15) is 11.6 Å². The monoisotopic (exact) mass is 212 g/mol. The van der Waals surface area contributed by atoms with E-state index < -0.39 is 5.82 Å². The Morgan fingerprint density at radius 3 is 2.86 bits per heavy atom. The Morgan fingerprint density at radius 1 is 1.57 bits per heavy atom. The van der Waals surface area contributed by atoms with E-state index in [1.54, 1.807) is 6.07 Å². The van der Waals surface area contributed by atoms with E-state index in [1.807, 2.05) is 0 Å². The maximum atomic E-state index is 13.0. The number of carbonyl (C=O) groups is 1. The van der Waals surface area contributed by atoms with Gasteiger partial charge in [-0.2, -0.15) is 0 Å². The molecule has 0 saturated carbocycles. The molecule has 0 spiro atoms. The van der Waals surface area contributed by atoms with Crippen LogP contribution in [0.2, 0.25) is 5.02 Å². The lowest BCUT2D eigenvalue weighted by molar-refractivity contribution is -0.117. The minimum atomic E-state index is -0.490. The van der Waals surface area contributed by atoms with Crippen molar-refractivity contribution in [2.75, 3.05) is 0 Å². The predicted molar refractivity (Wildman–Crippen MR) is 54.9 cm³/mol. The Bertz CT molecular complexity index is 360. The molecule has 0 radical (unpaired) electrons. The number of ketones is 1. The zero-order valence-corrected chi connectivity index (χ0v) is 8.35. The molecule has 74 valence electrons. The average Bonchev–Trinajstić information content (AvgIpc) is 2.12. The molecule has 1 nitrogen and oxygen atoms in total. The lowest BCUT2D eigenvalue weighted by Gasteiger charge is -2.00. The Morgan fingerprint density at radius 2 is 2.29 bits per heavy atom. The first-order valence-electron chi connectivity index (χ1n) is 4.20. The van der Waals surface area contributed by atoms with Gasteiger partial charge < -0.3 is 0 Å². The molecular weight excluding hydrogens is 203 g/mol. The van der Waals surface area contributed by atoms with Gasteiger partial charge in [0.05, 0.1) is 5.02 Å². The van der Waals surface area contributed by atoms with Crippen LogP contribution < -0.4 is 0 Å². The maximum absolute atomic E-state index is 13.0. The van der Waals surface area contributed by atoms with E-state index in [2.05, 4.69) is 6.58 Å². The summed E-state index contributed by atoms with van der Waals surface area (Å²) in [6, 6.07) is 4.38. The summed E-state index contributed by atoms with van der Waals surface area (Å²) in [6.07, 6.45) is 2.07. The van der Waals surface area contributed by atoms with Crippen molar-refractivity contribution in [3.63, 3.8) is 0 Å². The Balaban J connectivity index is 2.72. The second kappa shape index (κ2) is 4.91. The summed E-state index contributed by atoms with van der Waals surface area (Å²) < 4.78 is 13.0. The zero-order valence-electron chi connectivity index (χ0n) is 7.59. The van der Waals surface area contributed by atoms with Crippen molar-refractivity contribution in [3.05, 3.63) is 47.3 Å². The second-order valence-electron chi connectivity index (χ2n) is 2.96. The number of hydrogen-bond acceptors (Lipinski definition) is 1. The third kappa shape index (κ3) is 2.96. The average molecular weight is 213 g/mol. The molecule has 14 heavy (non-hydrogen) atoms. The first-order chi connectivity index (χ1) is 6.63. The van der Waals surface area contributed by atoms with E-state index >= 15 is 0 Å². The first-order valence-corrected chi connectivity index (χ1v) is 4.58. The summed E-state index contributed by atoms with van der Waals surface area (Å²) in [5.41, 5.74) is 0.638. The number of rotatable bonds is 4. The molecule has 0 amide bonds. The minimum Gasteiger partial charge on any atom is -0.299 e. The molecule has 0 aromatic heterocycles. The number of allylic oxidation sites excluding steroid dienone is 1. The first kappa shape index (κ1) is 10.9. The van der Waals surface area contributed by atoms with Crippen molar-refractivity contribution in [2.24, 2.45) is 0 Å². The van der Waals surface area contributed by atoms with Crippen LogP contribution in [0.5, 0.6) is 0 Å². The molecule has 1 aromatic carbocycles. The summed E-state index contributed by atoms with van der Waals surface area (Å²) >= 11 is 5.50. The van der Waals surface area contributed by atoms with E-state index in [4.69, 9.17) is 11.6 Å². The molecule has 0 N–H and O–H groups in total. The predicted octanol–water partition coefficient (Wildman–Crippen LogP) is 3.17. The fourth-order valence-corrected chi connectivity index (χ4v) is 1.23. The molecule has 0 fully saturated rings. The summed E-state index contributed by atoms with van der Waals surface area (Å²) in [4.78, 5) is 11.2. The standard InChI is InChI=1S/C11H10ClFO/c1-2-3-9(14)6-8-4-5-10(12)11(13)7-8/h2,4-5,7H,1,3,6H2. The molecule has 0 aliphatic carbocycles. The second-order valence-corrected chi connectivity index (χ2v) is 3.36. The van der Waals surface area contributed by atoms with E-state index in [-0.39, 0.29) is 17.2 Å². The smallest absolute Gasteiger partial charge is 0.142 e. The van der Waals surface area contributed by atoms with Crippen LogP contribution in [0.15, 0.2) is 30.9 Å². The van der Waals surface area contributed by atoms with Crippen molar-refractivity contribution >= 4 is 17.4 Å². The van der Waals surface area contributed by atoms with Crippen molar-refractivity contribution in [1.82, 2.24) is 0 Å². The van der Waals surface area contributed by atoms with Crippen LogP contribution in [-0.2, 0) is 11.2 Å². The summed E-state index contributed by atoms with van der Waals surface area (Å²) in [7, 11) is 0. The van der Waals surface area contributed by atoms with Crippen molar-refractivity contribution in [3.8, 4) is 0 Å². The fraction of sp³-hybridized carbons (Fsp3) is 0.182. The molecular formula is C11H10ClFO. The Kier molecular flexibility index (Phi) is 3.84. The van der Waals surface area contributed by atoms with E-state index in [1.165, 1.54) is 18.2 Å². The van der Waals surface area contributed by atoms with Crippen molar-refractivity contribution in [2.45, 2.75) is 12.8 Å².